The molecule has 3 nitrogen and oxygen atoms in total. The van der Waals surface area contributed by atoms with E-state index in [1.54, 1.807) is 12.1 Å². The van der Waals surface area contributed by atoms with E-state index in [1.165, 1.54) is 11.8 Å². The number of hydrogen-bond acceptors (Lipinski definition) is 3. The summed E-state index contributed by atoms with van der Waals surface area (Å²) in [6.07, 6.45) is 1.15. The maximum atomic E-state index is 13.4. The van der Waals surface area contributed by atoms with E-state index in [2.05, 4.69) is 22.3 Å². The molecule has 0 aliphatic carbocycles. The first-order chi connectivity index (χ1) is 11.2. The highest BCUT2D eigenvalue weighted by Gasteiger charge is 2.10. The van der Waals surface area contributed by atoms with Gasteiger partial charge in [0.15, 0.2) is 0 Å². The van der Waals surface area contributed by atoms with Gasteiger partial charge in [-0.05, 0) is 55.3 Å². The first-order valence-electron chi connectivity index (χ1n) is 8.16. The highest BCUT2D eigenvalue weighted by Crippen LogP contribution is 2.23. The van der Waals surface area contributed by atoms with Gasteiger partial charge in [0.25, 0.3) is 0 Å². The number of anilines is 1. The first-order valence-corrected chi connectivity index (χ1v) is 8.16. The third-order valence-corrected chi connectivity index (χ3v) is 4.23. The molecule has 0 atom stereocenters. The molecule has 2 aromatic rings. The fourth-order valence-corrected chi connectivity index (χ4v) is 2.83. The van der Waals surface area contributed by atoms with Gasteiger partial charge in [-0.15, -0.1) is 24.8 Å². The Labute approximate surface area is 161 Å². The molecule has 25 heavy (non-hydrogen) atoms. The molecule has 3 rings (SSSR count). The van der Waals surface area contributed by atoms with E-state index in [1.807, 2.05) is 19.1 Å². The molecule has 1 heterocycles. The highest BCUT2D eigenvalue weighted by molar-refractivity contribution is 5.85. The van der Waals surface area contributed by atoms with Crippen LogP contribution in [0.15, 0.2) is 42.5 Å². The summed E-state index contributed by atoms with van der Waals surface area (Å²) in [4.78, 5) is 2.38. The van der Waals surface area contributed by atoms with Crippen LogP contribution in [0.25, 0.3) is 0 Å². The second kappa shape index (κ2) is 10.5. The van der Waals surface area contributed by atoms with E-state index < -0.39 is 0 Å². The fraction of sp³-hybridized carbons (Fsp3) is 0.368. The van der Waals surface area contributed by atoms with Crippen molar-refractivity contribution in [2.45, 2.75) is 20.0 Å². The molecule has 0 radical (unpaired) electrons. The maximum absolute atomic E-state index is 13.4. The fourth-order valence-electron chi connectivity index (χ4n) is 2.83. The summed E-state index contributed by atoms with van der Waals surface area (Å²) in [5, 5.41) is 3.41. The molecule has 0 unspecified atom stereocenters. The summed E-state index contributed by atoms with van der Waals surface area (Å²) < 4.78 is 19.2. The lowest BCUT2D eigenvalue weighted by atomic mass is 10.1. The summed E-state index contributed by atoms with van der Waals surface area (Å²) in [6, 6.07) is 13.0. The average Bonchev–Trinajstić information content (AvgIpc) is 2.85. The number of hydrogen-bond donors (Lipinski definition) is 1. The molecule has 1 aliphatic heterocycles. The zero-order valence-electron chi connectivity index (χ0n) is 14.3. The average molecular weight is 387 g/mol. The van der Waals surface area contributed by atoms with E-state index in [4.69, 9.17) is 4.74 Å². The number of halogens is 3. The van der Waals surface area contributed by atoms with Gasteiger partial charge >= 0.3 is 0 Å². The minimum Gasteiger partial charge on any atom is -0.489 e. The molecule has 0 aromatic heterocycles. The number of nitrogens with zero attached hydrogens (tertiary/aromatic N) is 1. The summed E-state index contributed by atoms with van der Waals surface area (Å²) in [5.41, 5.74) is 3.11. The van der Waals surface area contributed by atoms with Gasteiger partial charge in [-0.1, -0.05) is 12.1 Å². The van der Waals surface area contributed by atoms with Crippen LogP contribution in [-0.4, -0.2) is 26.2 Å². The van der Waals surface area contributed by atoms with Gasteiger partial charge in [0.05, 0.1) is 0 Å². The van der Waals surface area contributed by atoms with Gasteiger partial charge in [0.2, 0.25) is 0 Å². The van der Waals surface area contributed by atoms with Crippen molar-refractivity contribution in [1.82, 2.24) is 5.32 Å². The standard InChI is InChI=1S/C19H23FN2O.2ClH/c1-15-6-7-17(20)12-16(15)14-23-19-5-2-4-18(13-19)22-10-3-8-21-9-11-22;;/h2,4-7,12-13,21H,3,8-11,14H2,1H3;2*1H. The van der Waals surface area contributed by atoms with Gasteiger partial charge in [-0.25, -0.2) is 4.39 Å². The van der Waals surface area contributed by atoms with E-state index >= 15 is 0 Å². The Kier molecular flexibility index (Phi) is 9.04. The summed E-state index contributed by atoms with van der Waals surface area (Å²) in [6.45, 7) is 6.50. The van der Waals surface area contributed by atoms with Crippen LogP contribution in [0.3, 0.4) is 0 Å². The third kappa shape index (κ3) is 6.07. The van der Waals surface area contributed by atoms with Crippen molar-refractivity contribution >= 4 is 30.5 Å². The second-order valence-corrected chi connectivity index (χ2v) is 5.95. The minimum atomic E-state index is -0.222. The molecule has 1 N–H and O–H groups in total. The third-order valence-electron chi connectivity index (χ3n) is 4.23. The predicted molar refractivity (Wildman–Crippen MR) is 106 cm³/mol. The molecular formula is C19H25Cl2FN2O. The van der Waals surface area contributed by atoms with Crippen molar-refractivity contribution < 1.29 is 9.13 Å². The number of ether oxygens (including phenoxy) is 1. The molecule has 1 fully saturated rings. The van der Waals surface area contributed by atoms with Crippen LogP contribution in [0.4, 0.5) is 10.1 Å². The molecular weight excluding hydrogens is 362 g/mol. The quantitative estimate of drug-likeness (QED) is 0.844. The summed E-state index contributed by atoms with van der Waals surface area (Å²) in [7, 11) is 0. The van der Waals surface area contributed by atoms with Gasteiger partial charge in [-0.2, -0.15) is 0 Å². The lowest BCUT2D eigenvalue weighted by Crippen LogP contribution is -2.27. The van der Waals surface area contributed by atoms with Crippen LogP contribution in [0, 0.1) is 12.7 Å². The molecule has 1 aliphatic rings. The first kappa shape index (κ1) is 21.6. The Bertz CT molecular complexity index is 662. The smallest absolute Gasteiger partial charge is 0.123 e. The molecule has 138 valence electrons. The Morgan fingerprint density at radius 2 is 1.92 bits per heavy atom. The molecule has 1 saturated heterocycles. The van der Waals surface area contributed by atoms with E-state index in [0.717, 1.165) is 49.5 Å². The Balaban J connectivity index is 0.00000156. The van der Waals surface area contributed by atoms with Gasteiger partial charge in [-0.3, -0.25) is 0 Å². The largest absolute Gasteiger partial charge is 0.489 e. The van der Waals surface area contributed by atoms with Crippen molar-refractivity contribution in [3.8, 4) is 5.75 Å². The van der Waals surface area contributed by atoms with Crippen molar-refractivity contribution in [3.63, 3.8) is 0 Å². The normalized spacial score (nSPS) is 14.1. The molecule has 2 aromatic carbocycles. The Morgan fingerprint density at radius 1 is 1.08 bits per heavy atom. The maximum Gasteiger partial charge on any atom is 0.123 e. The number of aryl methyl sites for hydroxylation is 1. The summed E-state index contributed by atoms with van der Waals surface area (Å²) in [5.74, 6) is 0.600. The molecule has 0 amide bonds. The second-order valence-electron chi connectivity index (χ2n) is 5.95. The van der Waals surface area contributed by atoms with Crippen LogP contribution in [0.2, 0.25) is 0 Å². The highest BCUT2D eigenvalue weighted by atomic mass is 35.5. The number of rotatable bonds is 4. The molecule has 6 heteroatoms. The topological polar surface area (TPSA) is 24.5 Å². The van der Waals surface area contributed by atoms with E-state index in [0.29, 0.717) is 6.61 Å². The lowest BCUT2D eigenvalue weighted by Gasteiger charge is -2.22. The van der Waals surface area contributed by atoms with E-state index in [9.17, 15) is 4.39 Å². The van der Waals surface area contributed by atoms with Crippen molar-refractivity contribution in [2.24, 2.45) is 0 Å². The number of nitrogens with one attached hydrogen (secondary N) is 1. The predicted octanol–water partition coefficient (Wildman–Crippen LogP) is 4.36. The molecule has 0 bridgehead atoms. The summed E-state index contributed by atoms with van der Waals surface area (Å²) >= 11 is 0. The SMILES string of the molecule is Cc1ccc(F)cc1COc1cccc(N2CCCNCC2)c1.Cl.Cl. The molecule has 0 saturated carbocycles. The van der Waals surface area contributed by atoms with Crippen molar-refractivity contribution in [1.29, 1.82) is 0 Å². The van der Waals surface area contributed by atoms with Gasteiger partial charge in [0.1, 0.15) is 18.2 Å². The Morgan fingerprint density at radius 3 is 2.76 bits per heavy atom. The van der Waals surface area contributed by atoms with Crippen LogP contribution < -0.4 is 15.0 Å². The lowest BCUT2D eigenvalue weighted by molar-refractivity contribution is 0.305. The zero-order valence-corrected chi connectivity index (χ0v) is 16.0. The monoisotopic (exact) mass is 386 g/mol. The van der Waals surface area contributed by atoms with Crippen molar-refractivity contribution in [2.75, 3.05) is 31.1 Å². The van der Waals surface area contributed by atoms with Crippen LogP contribution in [-0.2, 0) is 6.61 Å². The van der Waals surface area contributed by atoms with Crippen LogP contribution >= 0.6 is 24.8 Å². The molecule has 0 spiro atoms. The zero-order chi connectivity index (χ0) is 16.1. The van der Waals surface area contributed by atoms with Crippen LogP contribution in [0.1, 0.15) is 17.5 Å². The number of benzene rings is 2. The van der Waals surface area contributed by atoms with Crippen LogP contribution in [0.5, 0.6) is 5.75 Å². The Hall–Kier alpha value is -1.49. The van der Waals surface area contributed by atoms with Gasteiger partial charge < -0.3 is 15.0 Å². The van der Waals surface area contributed by atoms with Crippen molar-refractivity contribution in [3.05, 3.63) is 59.4 Å². The van der Waals surface area contributed by atoms with Gasteiger partial charge in [0, 0.05) is 31.4 Å². The van der Waals surface area contributed by atoms with E-state index in [-0.39, 0.29) is 30.6 Å². The minimum absolute atomic E-state index is 0.